The smallest absolute Gasteiger partial charge is 0.167 e. The second-order valence-electron chi connectivity index (χ2n) is 6.16. The van der Waals surface area contributed by atoms with Gasteiger partial charge in [-0.3, -0.25) is 0 Å². The summed E-state index contributed by atoms with van der Waals surface area (Å²) in [5.74, 6) is 1.35. The molecule has 3 rings (SSSR count). The number of aliphatic hydroxyl groups excluding tert-OH is 1. The Morgan fingerprint density at radius 3 is 2.84 bits per heavy atom. The van der Waals surface area contributed by atoms with Crippen LogP contribution in [0.5, 0.6) is 11.5 Å². The normalized spacial score (nSPS) is 24.5. The quantitative estimate of drug-likeness (QED) is 0.740. The van der Waals surface area contributed by atoms with E-state index in [4.69, 9.17) is 21.1 Å². The Morgan fingerprint density at radius 2 is 2.05 bits per heavy atom. The van der Waals surface area contributed by atoms with Gasteiger partial charge in [-0.05, 0) is 30.2 Å². The van der Waals surface area contributed by atoms with Gasteiger partial charge in [-0.15, -0.1) is 0 Å². The zero-order valence-electron chi connectivity index (χ0n) is 11.3. The molecule has 0 saturated carbocycles. The molecule has 19 heavy (non-hydrogen) atoms. The van der Waals surface area contributed by atoms with Gasteiger partial charge >= 0.3 is 0 Å². The summed E-state index contributed by atoms with van der Waals surface area (Å²) >= 11 is 6.36. The van der Waals surface area contributed by atoms with Crippen molar-refractivity contribution in [2.24, 2.45) is 5.41 Å². The van der Waals surface area contributed by atoms with Gasteiger partial charge in [0.05, 0.1) is 6.10 Å². The lowest BCUT2D eigenvalue weighted by Gasteiger charge is -2.26. The van der Waals surface area contributed by atoms with Crippen molar-refractivity contribution in [1.82, 2.24) is 0 Å². The number of ether oxygens (including phenoxy) is 2. The molecule has 104 valence electrons. The van der Waals surface area contributed by atoms with Gasteiger partial charge in [-0.2, -0.15) is 0 Å². The first-order valence-electron chi connectivity index (χ1n) is 6.77. The first-order chi connectivity index (χ1) is 8.98. The summed E-state index contributed by atoms with van der Waals surface area (Å²) < 4.78 is 11.3. The Kier molecular flexibility index (Phi) is 3.14. The maximum absolute atomic E-state index is 10.6. The minimum absolute atomic E-state index is 0.101. The molecule has 0 spiro atoms. The fourth-order valence-electron chi connectivity index (χ4n) is 3.02. The molecular weight excluding hydrogens is 264 g/mol. The van der Waals surface area contributed by atoms with Crippen molar-refractivity contribution in [2.45, 2.75) is 39.2 Å². The Bertz CT molecular complexity index is 511. The third kappa shape index (κ3) is 2.30. The fraction of sp³-hybridized carbons (Fsp3) is 0.600. The van der Waals surface area contributed by atoms with E-state index < -0.39 is 6.10 Å². The van der Waals surface area contributed by atoms with Crippen LogP contribution in [0.3, 0.4) is 0 Å². The van der Waals surface area contributed by atoms with Crippen molar-refractivity contribution in [3.05, 3.63) is 22.2 Å². The van der Waals surface area contributed by atoms with E-state index in [0.717, 1.165) is 30.4 Å². The molecule has 0 bridgehead atoms. The van der Waals surface area contributed by atoms with Crippen molar-refractivity contribution in [1.29, 1.82) is 0 Å². The predicted molar refractivity (Wildman–Crippen MR) is 74.1 cm³/mol. The molecule has 1 unspecified atom stereocenters. The van der Waals surface area contributed by atoms with Gasteiger partial charge in [-0.25, -0.2) is 0 Å². The number of hydrogen-bond donors (Lipinski definition) is 1. The molecular formula is C15H19ClO3. The van der Waals surface area contributed by atoms with Crippen molar-refractivity contribution in [3.8, 4) is 11.5 Å². The van der Waals surface area contributed by atoms with E-state index in [1.165, 1.54) is 0 Å². The number of rotatable bonds is 0. The summed E-state index contributed by atoms with van der Waals surface area (Å²) in [5.41, 5.74) is 1.96. The largest absolute Gasteiger partial charge is 0.486 e. The predicted octanol–water partition coefficient (Wildman–Crippen LogP) is 3.51. The van der Waals surface area contributed by atoms with E-state index in [-0.39, 0.29) is 5.41 Å². The van der Waals surface area contributed by atoms with Gasteiger partial charge in [-0.1, -0.05) is 25.4 Å². The van der Waals surface area contributed by atoms with Gasteiger partial charge in [0.2, 0.25) is 0 Å². The number of fused-ring (bicyclic) bond motifs is 3. The molecule has 4 heteroatoms. The maximum Gasteiger partial charge on any atom is 0.167 e. The molecule has 0 fully saturated rings. The number of halogens is 1. The molecule has 0 radical (unpaired) electrons. The first-order valence-corrected chi connectivity index (χ1v) is 7.15. The summed E-state index contributed by atoms with van der Waals surface area (Å²) in [6, 6.07) is 1.82. The molecule has 1 aromatic carbocycles. The Balaban J connectivity index is 2.15. The Morgan fingerprint density at radius 1 is 1.32 bits per heavy atom. The lowest BCUT2D eigenvalue weighted by atomic mass is 9.84. The van der Waals surface area contributed by atoms with E-state index in [9.17, 15) is 5.11 Å². The van der Waals surface area contributed by atoms with Crippen LogP contribution in [0.15, 0.2) is 6.07 Å². The monoisotopic (exact) mass is 282 g/mol. The van der Waals surface area contributed by atoms with Crippen LogP contribution < -0.4 is 9.47 Å². The molecule has 1 aromatic rings. The van der Waals surface area contributed by atoms with Crippen LogP contribution in [0, 0.1) is 5.41 Å². The van der Waals surface area contributed by atoms with Crippen molar-refractivity contribution in [2.75, 3.05) is 13.2 Å². The third-order valence-electron chi connectivity index (χ3n) is 4.06. The second-order valence-corrected chi connectivity index (χ2v) is 6.57. The summed E-state index contributed by atoms with van der Waals surface area (Å²) in [7, 11) is 0. The summed E-state index contributed by atoms with van der Waals surface area (Å²) in [6.45, 7) is 5.42. The molecule has 1 N–H and O–H groups in total. The molecule has 0 saturated heterocycles. The minimum atomic E-state index is -0.540. The van der Waals surface area contributed by atoms with Gasteiger partial charge < -0.3 is 14.6 Å². The lowest BCUT2D eigenvalue weighted by molar-refractivity contribution is 0.107. The standard InChI is InChI=1S/C15H19ClO3/c1-15(2)4-3-9-10(16)7-12-14(19-6-5-18-12)13(9)11(17)8-15/h7,11,17H,3-6,8H2,1-2H3. The average molecular weight is 283 g/mol. The van der Waals surface area contributed by atoms with Gasteiger partial charge in [0.15, 0.2) is 11.5 Å². The summed E-state index contributed by atoms with van der Waals surface area (Å²) in [6.07, 6.45) is 2.06. The fourth-order valence-corrected chi connectivity index (χ4v) is 3.31. The van der Waals surface area contributed by atoms with Crippen LogP contribution in [0.4, 0.5) is 0 Å². The second kappa shape index (κ2) is 4.57. The van der Waals surface area contributed by atoms with Crippen molar-refractivity contribution < 1.29 is 14.6 Å². The highest BCUT2D eigenvalue weighted by molar-refractivity contribution is 6.31. The van der Waals surface area contributed by atoms with E-state index in [1.54, 1.807) is 0 Å². The number of hydrogen-bond acceptors (Lipinski definition) is 3. The highest BCUT2D eigenvalue weighted by atomic mass is 35.5. The molecule has 0 amide bonds. The molecule has 1 heterocycles. The topological polar surface area (TPSA) is 38.7 Å². The minimum Gasteiger partial charge on any atom is -0.486 e. The third-order valence-corrected chi connectivity index (χ3v) is 4.40. The van der Waals surface area contributed by atoms with Crippen LogP contribution in [0.1, 0.15) is 43.9 Å². The van der Waals surface area contributed by atoms with Gasteiger partial charge in [0, 0.05) is 16.7 Å². The van der Waals surface area contributed by atoms with Gasteiger partial charge in [0.25, 0.3) is 0 Å². The number of aliphatic hydroxyl groups is 1. The SMILES string of the molecule is CC1(C)CCc2c(Cl)cc3c(c2C(O)C1)OCCO3. The summed E-state index contributed by atoms with van der Waals surface area (Å²) in [4.78, 5) is 0. The lowest BCUT2D eigenvalue weighted by Crippen LogP contribution is -2.19. The van der Waals surface area contributed by atoms with E-state index >= 15 is 0 Å². The van der Waals surface area contributed by atoms with E-state index in [1.807, 2.05) is 6.07 Å². The Labute approximate surface area is 118 Å². The molecule has 1 aliphatic heterocycles. The van der Waals surface area contributed by atoms with Crippen LogP contribution in [-0.4, -0.2) is 18.3 Å². The zero-order valence-corrected chi connectivity index (χ0v) is 12.1. The molecule has 1 atom stereocenters. The first kappa shape index (κ1) is 13.1. The van der Waals surface area contributed by atoms with E-state index in [2.05, 4.69) is 13.8 Å². The van der Waals surface area contributed by atoms with Crippen LogP contribution in [0.25, 0.3) is 0 Å². The average Bonchev–Trinajstić information content (AvgIpc) is 2.46. The summed E-state index contributed by atoms with van der Waals surface area (Å²) in [5, 5.41) is 11.2. The van der Waals surface area contributed by atoms with Crippen molar-refractivity contribution in [3.63, 3.8) is 0 Å². The molecule has 0 aromatic heterocycles. The molecule has 2 aliphatic rings. The molecule has 3 nitrogen and oxygen atoms in total. The van der Waals surface area contributed by atoms with Crippen LogP contribution in [-0.2, 0) is 6.42 Å². The van der Waals surface area contributed by atoms with E-state index in [0.29, 0.717) is 29.7 Å². The van der Waals surface area contributed by atoms with Crippen LogP contribution >= 0.6 is 11.6 Å². The highest BCUT2D eigenvalue weighted by Crippen LogP contribution is 2.49. The van der Waals surface area contributed by atoms with Crippen LogP contribution in [0.2, 0.25) is 5.02 Å². The van der Waals surface area contributed by atoms with Crippen molar-refractivity contribution >= 4 is 11.6 Å². The zero-order chi connectivity index (χ0) is 13.6. The maximum atomic E-state index is 10.6. The van der Waals surface area contributed by atoms with Gasteiger partial charge in [0.1, 0.15) is 13.2 Å². The number of benzene rings is 1. The molecule has 1 aliphatic carbocycles. The highest BCUT2D eigenvalue weighted by Gasteiger charge is 2.34. The Hall–Kier alpha value is -0.930.